The van der Waals surface area contributed by atoms with Gasteiger partial charge < -0.3 is 10.9 Å². The quantitative estimate of drug-likeness (QED) is 0.275. The first-order chi connectivity index (χ1) is 4.22. The van der Waals surface area contributed by atoms with Crippen molar-refractivity contribution < 1.29 is 9.53 Å². The molecule has 0 fully saturated rings. The average Bonchev–Trinajstić information content (AvgIpc) is 2.13. The molecule has 0 saturated heterocycles. The molecule has 1 aromatic rings. The highest BCUT2D eigenvalue weighted by molar-refractivity contribution is 5.91. The van der Waals surface area contributed by atoms with E-state index in [0.29, 0.717) is 0 Å². The summed E-state index contributed by atoms with van der Waals surface area (Å²) in [5.74, 6) is -0.355. The van der Waals surface area contributed by atoms with Crippen LogP contribution < -0.4 is 10.6 Å². The Morgan fingerprint density at radius 2 is 2.67 bits per heavy atom. The third-order valence-corrected chi connectivity index (χ3v) is 0.769. The molecule has 6 nitrogen and oxygen atoms in total. The van der Waals surface area contributed by atoms with Crippen LogP contribution in [0.2, 0.25) is 0 Å². The molecule has 9 heavy (non-hydrogen) atoms. The third kappa shape index (κ3) is 0.809. The minimum absolute atomic E-state index is 0.0718. The van der Waals surface area contributed by atoms with Crippen molar-refractivity contribution in [2.24, 2.45) is 5.73 Å². The highest BCUT2D eigenvalue weighted by Gasteiger charge is 2.08. The van der Waals surface area contributed by atoms with E-state index in [1.54, 1.807) is 0 Å². The number of nitrogens with zero attached hydrogens (tertiary/aromatic N) is 2. The standard InChI is InChI=1S/C3H4N4O2/c4-3(5)2-1-6-9-7(2)8/h1H,(H3,4,5). The van der Waals surface area contributed by atoms with E-state index in [4.69, 9.17) is 11.1 Å². The van der Waals surface area contributed by atoms with Crippen LogP contribution in [0.5, 0.6) is 0 Å². The lowest BCUT2D eigenvalue weighted by atomic mass is 10.5. The van der Waals surface area contributed by atoms with Crippen LogP contribution in [0, 0.1) is 10.6 Å². The molecule has 0 aliphatic rings. The third-order valence-electron chi connectivity index (χ3n) is 0.769. The lowest BCUT2D eigenvalue weighted by Gasteiger charge is -1.88. The van der Waals surface area contributed by atoms with Crippen molar-refractivity contribution in [1.29, 1.82) is 5.41 Å². The molecule has 0 unspecified atom stereocenters. The maximum Gasteiger partial charge on any atom is 0.259 e. The van der Waals surface area contributed by atoms with Crippen LogP contribution in [-0.4, -0.2) is 11.0 Å². The van der Waals surface area contributed by atoms with Crippen LogP contribution in [0.1, 0.15) is 5.69 Å². The Morgan fingerprint density at radius 3 is 2.89 bits per heavy atom. The number of aromatic nitrogens is 2. The van der Waals surface area contributed by atoms with Gasteiger partial charge in [-0.15, -0.1) is 0 Å². The second-order valence-electron chi connectivity index (χ2n) is 1.37. The Labute approximate surface area is 49.9 Å². The molecular weight excluding hydrogens is 124 g/mol. The number of amidine groups is 1. The van der Waals surface area contributed by atoms with E-state index in [1.165, 1.54) is 0 Å². The average molecular weight is 128 g/mol. The summed E-state index contributed by atoms with van der Waals surface area (Å²) in [6.45, 7) is 0. The molecule has 1 aromatic heterocycles. The molecular formula is C3H4N4O2. The summed E-state index contributed by atoms with van der Waals surface area (Å²) in [6.07, 6.45) is 1.08. The zero-order valence-corrected chi connectivity index (χ0v) is 4.37. The molecule has 48 valence electrons. The summed E-state index contributed by atoms with van der Waals surface area (Å²) in [5.41, 5.74) is 4.85. The number of rotatable bonds is 1. The van der Waals surface area contributed by atoms with Gasteiger partial charge >= 0.3 is 0 Å². The number of nitrogens with one attached hydrogen (secondary N) is 1. The van der Waals surface area contributed by atoms with E-state index in [-0.39, 0.29) is 16.4 Å². The van der Waals surface area contributed by atoms with Crippen LogP contribution in [-0.2, 0) is 0 Å². The van der Waals surface area contributed by atoms with E-state index in [1.807, 2.05) is 0 Å². The summed E-state index contributed by atoms with van der Waals surface area (Å²) < 4.78 is 4.02. The van der Waals surface area contributed by atoms with Gasteiger partial charge in [-0.3, -0.25) is 10.0 Å². The molecule has 6 heteroatoms. The van der Waals surface area contributed by atoms with Crippen molar-refractivity contribution in [2.45, 2.75) is 0 Å². The van der Waals surface area contributed by atoms with Gasteiger partial charge in [0.15, 0.2) is 5.84 Å². The molecule has 0 radical (unpaired) electrons. The van der Waals surface area contributed by atoms with Gasteiger partial charge in [-0.2, -0.15) is 0 Å². The molecule has 0 aliphatic heterocycles. The summed E-state index contributed by atoms with van der Waals surface area (Å²) in [5, 5.41) is 20.2. The molecule has 0 spiro atoms. The molecule has 1 heterocycles. The van der Waals surface area contributed by atoms with Crippen molar-refractivity contribution >= 4 is 5.84 Å². The zero-order chi connectivity index (χ0) is 6.85. The number of hydrogen-bond acceptors (Lipinski definition) is 4. The molecule has 0 aliphatic carbocycles. The van der Waals surface area contributed by atoms with Crippen LogP contribution in [0.3, 0.4) is 0 Å². The van der Waals surface area contributed by atoms with Gasteiger partial charge in [-0.25, -0.2) is 0 Å². The van der Waals surface area contributed by atoms with Gasteiger partial charge in [0.25, 0.3) is 5.69 Å². The molecule has 0 bridgehead atoms. The van der Waals surface area contributed by atoms with Crippen LogP contribution >= 0.6 is 0 Å². The summed E-state index contributed by atoms with van der Waals surface area (Å²) >= 11 is 0. The van der Waals surface area contributed by atoms with Gasteiger partial charge in [-0.1, -0.05) is 0 Å². The monoisotopic (exact) mass is 128 g/mol. The van der Waals surface area contributed by atoms with Gasteiger partial charge in [0.1, 0.15) is 0 Å². The molecule has 1 rings (SSSR count). The van der Waals surface area contributed by atoms with Crippen molar-refractivity contribution in [3.8, 4) is 0 Å². The first-order valence-electron chi connectivity index (χ1n) is 2.11. The SMILES string of the molecule is N=C(N)c1cno[n+]1[O-]. The van der Waals surface area contributed by atoms with Gasteiger partial charge in [-0.05, 0) is 4.90 Å². The first kappa shape index (κ1) is 5.54. The van der Waals surface area contributed by atoms with E-state index in [2.05, 4.69) is 9.79 Å². The van der Waals surface area contributed by atoms with Crippen molar-refractivity contribution in [1.82, 2.24) is 5.16 Å². The Kier molecular flexibility index (Phi) is 1.07. The summed E-state index contributed by atoms with van der Waals surface area (Å²) in [7, 11) is 0. The molecule has 3 N–H and O–H groups in total. The number of nitrogen functional groups attached to an aromatic ring is 1. The van der Waals surface area contributed by atoms with Crippen LogP contribution in [0.4, 0.5) is 0 Å². The fourth-order valence-corrected chi connectivity index (χ4v) is 0.375. The molecule has 0 saturated carbocycles. The maximum atomic E-state index is 10.3. The Morgan fingerprint density at radius 1 is 2.00 bits per heavy atom. The second kappa shape index (κ2) is 1.73. The fraction of sp³-hybridized carbons (Fsp3) is 0. The van der Waals surface area contributed by atoms with Gasteiger partial charge in [0, 0.05) is 5.16 Å². The van der Waals surface area contributed by atoms with E-state index < -0.39 is 0 Å². The molecule has 0 aromatic carbocycles. The predicted molar refractivity (Wildman–Crippen MR) is 26.5 cm³/mol. The summed E-state index contributed by atoms with van der Waals surface area (Å²) in [6, 6.07) is 0. The van der Waals surface area contributed by atoms with Crippen LogP contribution in [0.25, 0.3) is 0 Å². The van der Waals surface area contributed by atoms with E-state index in [0.717, 1.165) is 6.20 Å². The summed E-state index contributed by atoms with van der Waals surface area (Å²) in [4.78, 5) is 0.0718. The lowest BCUT2D eigenvalue weighted by molar-refractivity contribution is -0.803. The van der Waals surface area contributed by atoms with Gasteiger partial charge in [0.05, 0.1) is 0 Å². The van der Waals surface area contributed by atoms with Crippen molar-refractivity contribution in [3.63, 3.8) is 0 Å². The minimum atomic E-state index is -0.355. The smallest absolute Gasteiger partial charge is 0.259 e. The Bertz CT molecular complexity index is 229. The Balaban J connectivity index is 3.08. The maximum absolute atomic E-state index is 10.3. The van der Waals surface area contributed by atoms with Gasteiger partial charge in [0.2, 0.25) is 6.20 Å². The highest BCUT2D eigenvalue weighted by atomic mass is 16.8. The number of nitrogens with two attached hydrogens (primary N) is 1. The number of hydrogen-bond donors (Lipinski definition) is 2. The second-order valence-corrected chi connectivity index (χ2v) is 1.37. The Hall–Kier alpha value is -1.59. The molecule has 0 amide bonds. The highest BCUT2D eigenvalue weighted by Crippen LogP contribution is 1.82. The lowest BCUT2D eigenvalue weighted by Crippen LogP contribution is -2.33. The van der Waals surface area contributed by atoms with Crippen molar-refractivity contribution in [3.05, 3.63) is 17.1 Å². The normalized spacial score (nSPS) is 9.33. The van der Waals surface area contributed by atoms with E-state index in [9.17, 15) is 5.21 Å². The predicted octanol–water partition coefficient (Wildman–Crippen LogP) is -1.41. The zero-order valence-electron chi connectivity index (χ0n) is 4.37. The largest absolute Gasteiger partial charge is 0.380 e. The minimum Gasteiger partial charge on any atom is -0.380 e. The molecule has 0 atom stereocenters. The topological polar surface area (TPSA) is 103 Å². The van der Waals surface area contributed by atoms with E-state index >= 15 is 0 Å². The fourth-order valence-electron chi connectivity index (χ4n) is 0.375. The first-order valence-corrected chi connectivity index (χ1v) is 2.11. The van der Waals surface area contributed by atoms with Crippen molar-refractivity contribution in [2.75, 3.05) is 0 Å². The van der Waals surface area contributed by atoms with Crippen LogP contribution in [0.15, 0.2) is 10.8 Å².